The molecule has 0 N–H and O–H groups in total. The smallest absolute Gasteiger partial charge is 0.360 e. The van der Waals surface area contributed by atoms with Gasteiger partial charge in [0.2, 0.25) is 5.89 Å². The number of hydrogen-bond acceptors (Lipinski definition) is 7. The summed E-state index contributed by atoms with van der Waals surface area (Å²) >= 11 is 1.31. The molecule has 0 atom stereocenters. The van der Waals surface area contributed by atoms with Crippen molar-refractivity contribution in [1.82, 2.24) is 15.2 Å². The highest BCUT2D eigenvalue weighted by Crippen LogP contribution is 2.25. The van der Waals surface area contributed by atoms with Crippen molar-refractivity contribution in [3.8, 4) is 10.6 Å². The number of ether oxygens (including phenoxy) is 1. The number of esters is 1. The number of carbonyl (C=O) groups excluding carboxylic acids is 1. The molecule has 3 rings (SSSR count). The highest BCUT2D eigenvalue weighted by atomic mass is 32.1. The molecule has 0 saturated heterocycles. The summed E-state index contributed by atoms with van der Waals surface area (Å²) in [4.78, 5) is 15.6. The van der Waals surface area contributed by atoms with Crippen molar-refractivity contribution in [2.24, 2.45) is 0 Å². The molecule has 118 valence electrons. The summed E-state index contributed by atoms with van der Waals surface area (Å²) in [6, 6.07) is 6.15. The summed E-state index contributed by atoms with van der Waals surface area (Å²) in [5.41, 5.74) is 0.782. The maximum Gasteiger partial charge on any atom is 0.360 e. The lowest BCUT2D eigenvalue weighted by Gasteiger charge is -1.95. The van der Waals surface area contributed by atoms with Gasteiger partial charge < -0.3 is 9.15 Å². The van der Waals surface area contributed by atoms with E-state index < -0.39 is 5.97 Å². The van der Waals surface area contributed by atoms with Gasteiger partial charge in [0, 0.05) is 5.56 Å². The van der Waals surface area contributed by atoms with E-state index in [2.05, 4.69) is 15.2 Å². The molecule has 1 aromatic carbocycles. The van der Waals surface area contributed by atoms with Gasteiger partial charge in [0.1, 0.15) is 22.1 Å². The number of nitrogens with zero attached hydrogens (tertiary/aromatic N) is 3. The zero-order valence-corrected chi connectivity index (χ0v) is 13.0. The monoisotopic (exact) mass is 333 g/mol. The number of rotatable bonds is 5. The predicted molar refractivity (Wildman–Crippen MR) is 80.6 cm³/mol. The SMILES string of the molecule is CCOC(=O)c1coc(Cc2nnc(-c3cccc(F)c3)s2)n1. The molecule has 3 aromatic rings. The van der Waals surface area contributed by atoms with E-state index in [1.807, 2.05) is 0 Å². The summed E-state index contributed by atoms with van der Waals surface area (Å²) in [6.07, 6.45) is 1.55. The number of carbonyl (C=O) groups is 1. The second-order valence-corrected chi connectivity index (χ2v) is 5.60. The van der Waals surface area contributed by atoms with Gasteiger partial charge in [0.15, 0.2) is 5.69 Å². The molecule has 23 heavy (non-hydrogen) atoms. The summed E-state index contributed by atoms with van der Waals surface area (Å²) in [5, 5.41) is 9.34. The predicted octanol–water partition coefficient (Wildman–Crippen LogP) is 3.10. The molecule has 0 aliphatic rings. The second-order valence-electron chi connectivity index (χ2n) is 4.54. The van der Waals surface area contributed by atoms with Gasteiger partial charge in [-0.15, -0.1) is 10.2 Å². The largest absolute Gasteiger partial charge is 0.461 e. The molecular weight excluding hydrogens is 321 g/mol. The molecule has 0 amide bonds. The molecular formula is C15H12FN3O3S. The van der Waals surface area contributed by atoms with Gasteiger partial charge >= 0.3 is 5.97 Å². The number of halogens is 1. The fraction of sp³-hybridized carbons (Fsp3) is 0.200. The third-order valence-corrected chi connectivity index (χ3v) is 3.85. The molecule has 0 radical (unpaired) electrons. The highest BCUT2D eigenvalue weighted by Gasteiger charge is 2.15. The van der Waals surface area contributed by atoms with Gasteiger partial charge in [-0.2, -0.15) is 0 Å². The number of oxazole rings is 1. The van der Waals surface area contributed by atoms with Crippen LogP contribution in [0.25, 0.3) is 10.6 Å². The van der Waals surface area contributed by atoms with Crippen LogP contribution in [-0.4, -0.2) is 27.8 Å². The van der Waals surface area contributed by atoms with Crippen LogP contribution < -0.4 is 0 Å². The zero-order chi connectivity index (χ0) is 16.2. The Balaban J connectivity index is 1.73. The Hall–Kier alpha value is -2.61. The first-order valence-electron chi connectivity index (χ1n) is 6.85. The Kier molecular flexibility index (Phi) is 4.42. The summed E-state index contributed by atoms with van der Waals surface area (Å²) in [7, 11) is 0. The van der Waals surface area contributed by atoms with Crippen molar-refractivity contribution < 1.29 is 18.3 Å². The second kappa shape index (κ2) is 6.66. The first-order valence-corrected chi connectivity index (χ1v) is 7.67. The fourth-order valence-corrected chi connectivity index (χ4v) is 2.71. The first kappa shape index (κ1) is 15.3. The van der Waals surface area contributed by atoms with Crippen LogP contribution in [0.3, 0.4) is 0 Å². The molecule has 0 unspecified atom stereocenters. The van der Waals surface area contributed by atoms with E-state index in [0.29, 0.717) is 27.9 Å². The Morgan fingerprint density at radius 1 is 1.39 bits per heavy atom. The molecule has 0 saturated carbocycles. The number of hydrogen-bond donors (Lipinski definition) is 0. The van der Waals surface area contributed by atoms with Crippen molar-refractivity contribution in [2.75, 3.05) is 6.61 Å². The molecule has 0 aliphatic heterocycles. The van der Waals surface area contributed by atoms with Gasteiger partial charge in [-0.25, -0.2) is 14.2 Å². The van der Waals surface area contributed by atoms with Crippen molar-refractivity contribution in [3.05, 3.63) is 52.9 Å². The Labute approximate surface area is 135 Å². The van der Waals surface area contributed by atoms with E-state index in [1.165, 1.54) is 29.7 Å². The normalized spacial score (nSPS) is 10.7. The molecule has 0 spiro atoms. The first-order chi connectivity index (χ1) is 11.2. The van der Waals surface area contributed by atoms with Gasteiger partial charge in [-0.3, -0.25) is 0 Å². The number of aromatic nitrogens is 3. The van der Waals surface area contributed by atoms with E-state index in [1.54, 1.807) is 19.1 Å². The standard InChI is InChI=1S/C15H12FN3O3S/c1-2-21-15(20)11-8-22-12(17-11)7-13-18-19-14(23-13)9-4-3-5-10(16)6-9/h3-6,8H,2,7H2,1H3. The highest BCUT2D eigenvalue weighted by molar-refractivity contribution is 7.14. The topological polar surface area (TPSA) is 78.1 Å². The fourth-order valence-electron chi connectivity index (χ4n) is 1.88. The van der Waals surface area contributed by atoms with Gasteiger partial charge in [-0.1, -0.05) is 23.5 Å². The van der Waals surface area contributed by atoms with E-state index in [4.69, 9.17) is 9.15 Å². The average Bonchev–Trinajstić information content (AvgIpc) is 3.17. The Morgan fingerprint density at radius 3 is 3.04 bits per heavy atom. The molecule has 0 bridgehead atoms. The molecule has 0 aliphatic carbocycles. The summed E-state index contributed by atoms with van der Waals surface area (Å²) in [6.45, 7) is 1.99. The molecule has 2 aromatic heterocycles. The van der Waals surface area contributed by atoms with E-state index in [-0.39, 0.29) is 18.1 Å². The van der Waals surface area contributed by atoms with E-state index in [0.717, 1.165) is 0 Å². The lowest BCUT2D eigenvalue weighted by Crippen LogP contribution is -2.05. The lowest BCUT2D eigenvalue weighted by atomic mass is 10.2. The Bertz CT molecular complexity index is 831. The van der Waals surface area contributed by atoms with Gasteiger partial charge in [-0.05, 0) is 19.1 Å². The van der Waals surface area contributed by atoms with Crippen molar-refractivity contribution in [2.45, 2.75) is 13.3 Å². The van der Waals surface area contributed by atoms with Crippen LogP contribution in [0.1, 0.15) is 28.3 Å². The lowest BCUT2D eigenvalue weighted by molar-refractivity contribution is 0.0519. The van der Waals surface area contributed by atoms with Crippen LogP contribution in [0.15, 0.2) is 34.9 Å². The third-order valence-electron chi connectivity index (χ3n) is 2.88. The van der Waals surface area contributed by atoms with Gasteiger partial charge in [0.25, 0.3) is 0 Å². The van der Waals surface area contributed by atoms with Gasteiger partial charge in [0.05, 0.1) is 13.0 Å². The van der Waals surface area contributed by atoms with Crippen LogP contribution >= 0.6 is 11.3 Å². The van der Waals surface area contributed by atoms with Crippen LogP contribution in [0, 0.1) is 5.82 Å². The van der Waals surface area contributed by atoms with Crippen molar-refractivity contribution in [1.29, 1.82) is 0 Å². The van der Waals surface area contributed by atoms with E-state index >= 15 is 0 Å². The van der Waals surface area contributed by atoms with Crippen LogP contribution in [0.5, 0.6) is 0 Å². The van der Waals surface area contributed by atoms with E-state index in [9.17, 15) is 9.18 Å². The minimum absolute atomic E-state index is 0.122. The maximum atomic E-state index is 13.2. The third kappa shape index (κ3) is 3.59. The van der Waals surface area contributed by atoms with Crippen molar-refractivity contribution >= 4 is 17.3 Å². The molecule has 6 nitrogen and oxygen atoms in total. The minimum Gasteiger partial charge on any atom is -0.461 e. The molecule has 2 heterocycles. The average molecular weight is 333 g/mol. The van der Waals surface area contributed by atoms with Crippen LogP contribution in [0.4, 0.5) is 4.39 Å². The van der Waals surface area contributed by atoms with Crippen molar-refractivity contribution in [3.63, 3.8) is 0 Å². The van der Waals surface area contributed by atoms with Crippen LogP contribution in [0.2, 0.25) is 0 Å². The molecule has 0 fully saturated rings. The van der Waals surface area contributed by atoms with Crippen LogP contribution in [-0.2, 0) is 11.2 Å². The summed E-state index contributed by atoms with van der Waals surface area (Å²) in [5.74, 6) is -0.513. The zero-order valence-electron chi connectivity index (χ0n) is 12.2. The number of benzene rings is 1. The quantitative estimate of drug-likeness (QED) is 0.668. The minimum atomic E-state index is -0.528. The molecule has 8 heteroatoms. The summed E-state index contributed by atoms with van der Waals surface area (Å²) < 4.78 is 23.3. The maximum absolute atomic E-state index is 13.2. The Morgan fingerprint density at radius 2 is 2.26 bits per heavy atom.